The molecule has 1 N–H and O–H groups in total. The van der Waals surface area contributed by atoms with Gasteiger partial charge in [-0.1, -0.05) is 47.7 Å². The zero-order chi connectivity index (χ0) is 16.8. The van der Waals surface area contributed by atoms with E-state index in [0.717, 1.165) is 17.1 Å². The Morgan fingerprint density at radius 2 is 1.54 bits per heavy atom. The molecule has 2 aromatic carbocycles. The maximum absolute atomic E-state index is 4.36. The SMILES string of the molecule is Cc1nc(N=NCNN(c2ccccc2)c2ccccc2)sc1C. The van der Waals surface area contributed by atoms with E-state index in [-0.39, 0.29) is 0 Å². The van der Waals surface area contributed by atoms with Gasteiger partial charge in [-0.15, -0.1) is 5.11 Å². The Bertz CT molecular complexity index is 740. The number of nitrogens with zero attached hydrogens (tertiary/aromatic N) is 4. The Hall–Kier alpha value is -2.57. The van der Waals surface area contributed by atoms with Gasteiger partial charge in [0.05, 0.1) is 17.1 Å². The molecule has 24 heavy (non-hydrogen) atoms. The summed E-state index contributed by atoms with van der Waals surface area (Å²) in [5, 5.41) is 11.1. The summed E-state index contributed by atoms with van der Waals surface area (Å²) >= 11 is 1.55. The maximum Gasteiger partial charge on any atom is 0.229 e. The predicted octanol–water partition coefficient (Wildman–Crippen LogP) is 5.14. The third-order valence-corrected chi connectivity index (χ3v) is 4.46. The number of para-hydroxylation sites is 2. The van der Waals surface area contributed by atoms with Gasteiger partial charge in [-0.05, 0) is 38.1 Å². The minimum atomic E-state index is 0.363. The first-order chi connectivity index (χ1) is 11.7. The molecule has 0 aliphatic heterocycles. The Morgan fingerprint density at radius 1 is 0.958 bits per heavy atom. The van der Waals surface area contributed by atoms with Crippen LogP contribution in [0.25, 0.3) is 0 Å². The summed E-state index contributed by atoms with van der Waals surface area (Å²) in [4.78, 5) is 5.53. The highest BCUT2D eigenvalue weighted by atomic mass is 32.1. The van der Waals surface area contributed by atoms with Crippen LogP contribution in [0.15, 0.2) is 70.9 Å². The normalized spacial score (nSPS) is 11.1. The summed E-state index contributed by atoms with van der Waals surface area (Å²) < 4.78 is 0. The van der Waals surface area contributed by atoms with E-state index in [1.165, 1.54) is 4.88 Å². The molecule has 0 saturated heterocycles. The number of thiazole rings is 1. The largest absolute Gasteiger partial charge is 0.275 e. The quantitative estimate of drug-likeness (QED) is 0.500. The fourth-order valence-electron chi connectivity index (χ4n) is 2.18. The molecule has 3 aromatic rings. The third-order valence-electron chi connectivity index (χ3n) is 3.50. The van der Waals surface area contributed by atoms with Crippen molar-refractivity contribution in [2.45, 2.75) is 13.8 Å². The first kappa shape index (κ1) is 16.3. The van der Waals surface area contributed by atoms with E-state index >= 15 is 0 Å². The van der Waals surface area contributed by atoms with Crippen molar-refractivity contribution in [2.24, 2.45) is 10.2 Å². The summed E-state index contributed by atoms with van der Waals surface area (Å²) in [6, 6.07) is 20.2. The average molecular weight is 337 g/mol. The fourth-order valence-corrected chi connectivity index (χ4v) is 2.93. The van der Waals surface area contributed by atoms with Crippen molar-refractivity contribution in [3.05, 3.63) is 71.2 Å². The van der Waals surface area contributed by atoms with Crippen molar-refractivity contribution in [1.29, 1.82) is 0 Å². The average Bonchev–Trinajstić information content (AvgIpc) is 2.94. The van der Waals surface area contributed by atoms with Gasteiger partial charge in [0, 0.05) is 4.88 Å². The summed E-state index contributed by atoms with van der Waals surface area (Å²) in [6.07, 6.45) is 0. The number of aryl methyl sites for hydroxylation is 2. The van der Waals surface area contributed by atoms with Gasteiger partial charge in [0.15, 0.2) is 0 Å². The predicted molar refractivity (Wildman–Crippen MR) is 99.1 cm³/mol. The molecular weight excluding hydrogens is 318 g/mol. The summed E-state index contributed by atoms with van der Waals surface area (Å²) in [5.41, 5.74) is 6.39. The van der Waals surface area contributed by atoms with E-state index in [1.807, 2.05) is 79.5 Å². The number of nitrogens with one attached hydrogen (secondary N) is 1. The van der Waals surface area contributed by atoms with Crippen molar-refractivity contribution in [2.75, 3.05) is 11.7 Å². The highest BCUT2D eigenvalue weighted by Crippen LogP contribution is 2.24. The Morgan fingerprint density at radius 3 is 2.04 bits per heavy atom. The maximum atomic E-state index is 4.36. The molecule has 6 heteroatoms. The lowest BCUT2D eigenvalue weighted by Gasteiger charge is -2.24. The summed E-state index contributed by atoms with van der Waals surface area (Å²) in [5.74, 6) is 0. The van der Waals surface area contributed by atoms with Gasteiger partial charge in [0.25, 0.3) is 0 Å². The molecule has 1 heterocycles. The second-order valence-electron chi connectivity index (χ2n) is 5.20. The van der Waals surface area contributed by atoms with Crippen LogP contribution in [0.1, 0.15) is 10.6 Å². The highest BCUT2D eigenvalue weighted by molar-refractivity contribution is 7.15. The molecule has 0 atom stereocenters. The van der Waals surface area contributed by atoms with Crippen LogP contribution < -0.4 is 10.4 Å². The van der Waals surface area contributed by atoms with Crippen LogP contribution >= 0.6 is 11.3 Å². The van der Waals surface area contributed by atoms with E-state index in [0.29, 0.717) is 11.8 Å². The third kappa shape index (κ3) is 4.04. The van der Waals surface area contributed by atoms with Crippen molar-refractivity contribution in [1.82, 2.24) is 10.4 Å². The monoisotopic (exact) mass is 337 g/mol. The number of hydrogen-bond acceptors (Lipinski definition) is 6. The molecule has 0 aliphatic rings. The molecule has 3 rings (SSSR count). The number of hydrogen-bond donors (Lipinski definition) is 1. The van der Waals surface area contributed by atoms with Crippen molar-refractivity contribution in [3.8, 4) is 0 Å². The van der Waals surface area contributed by atoms with E-state index in [9.17, 15) is 0 Å². The van der Waals surface area contributed by atoms with Crippen LogP contribution in [0.5, 0.6) is 0 Å². The molecule has 0 bridgehead atoms. The second kappa shape index (κ2) is 7.81. The van der Waals surface area contributed by atoms with E-state index < -0.39 is 0 Å². The van der Waals surface area contributed by atoms with Crippen LogP contribution in [0.4, 0.5) is 16.5 Å². The molecule has 122 valence electrons. The van der Waals surface area contributed by atoms with Gasteiger partial charge in [-0.25, -0.2) is 10.4 Å². The van der Waals surface area contributed by atoms with Crippen LogP contribution in [0.3, 0.4) is 0 Å². The van der Waals surface area contributed by atoms with Crippen LogP contribution in [0.2, 0.25) is 0 Å². The van der Waals surface area contributed by atoms with E-state index in [4.69, 9.17) is 0 Å². The number of azo groups is 1. The smallest absolute Gasteiger partial charge is 0.229 e. The van der Waals surface area contributed by atoms with Crippen LogP contribution in [0, 0.1) is 13.8 Å². The van der Waals surface area contributed by atoms with Gasteiger partial charge < -0.3 is 0 Å². The molecular formula is C18H19N5S. The molecule has 0 fully saturated rings. The van der Waals surface area contributed by atoms with E-state index in [1.54, 1.807) is 11.3 Å². The van der Waals surface area contributed by atoms with Gasteiger partial charge in [-0.2, -0.15) is 5.11 Å². The number of rotatable bonds is 6. The van der Waals surface area contributed by atoms with Crippen molar-refractivity contribution in [3.63, 3.8) is 0 Å². The second-order valence-corrected chi connectivity index (χ2v) is 6.38. The number of hydrazine groups is 1. The molecule has 0 amide bonds. The zero-order valence-corrected chi connectivity index (χ0v) is 14.5. The first-order valence-corrected chi connectivity index (χ1v) is 8.51. The molecule has 0 unspecified atom stereocenters. The first-order valence-electron chi connectivity index (χ1n) is 7.69. The van der Waals surface area contributed by atoms with Gasteiger partial charge in [0.2, 0.25) is 5.13 Å². The number of aromatic nitrogens is 1. The van der Waals surface area contributed by atoms with Gasteiger partial charge >= 0.3 is 0 Å². The van der Waals surface area contributed by atoms with Crippen molar-refractivity contribution < 1.29 is 0 Å². The Kier molecular flexibility index (Phi) is 5.30. The lowest BCUT2D eigenvalue weighted by atomic mass is 10.2. The minimum Gasteiger partial charge on any atom is -0.275 e. The number of anilines is 2. The molecule has 1 aromatic heterocycles. The highest BCUT2D eigenvalue weighted by Gasteiger charge is 2.07. The summed E-state index contributed by atoms with van der Waals surface area (Å²) in [6.45, 7) is 4.38. The Labute approximate surface area is 145 Å². The lowest BCUT2D eigenvalue weighted by molar-refractivity contribution is 0.702. The topological polar surface area (TPSA) is 52.9 Å². The van der Waals surface area contributed by atoms with Crippen molar-refractivity contribution >= 4 is 27.8 Å². The lowest BCUT2D eigenvalue weighted by Crippen LogP contribution is -2.33. The standard InChI is InChI=1S/C18H19N5S/c1-14-15(2)24-18(21-14)22-19-13-20-23(16-9-5-3-6-10-16)17-11-7-4-8-12-17/h3-12,20H,13H2,1-2H3. The van der Waals surface area contributed by atoms with Crippen LogP contribution in [-0.4, -0.2) is 11.7 Å². The van der Waals surface area contributed by atoms with Gasteiger partial charge in [-0.3, -0.25) is 5.01 Å². The molecule has 0 radical (unpaired) electrons. The zero-order valence-electron chi connectivity index (χ0n) is 13.7. The number of benzene rings is 2. The fraction of sp³-hybridized carbons (Fsp3) is 0.167. The molecule has 5 nitrogen and oxygen atoms in total. The molecule has 0 spiro atoms. The Balaban J connectivity index is 1.71. The molecule has 0 aliphatic carbocycles. The summed E-state index contributed by atoms with van der Waals surface area (Å²) in [7, 11) is 0. The van der Waals surface area contributed by atoms with E-state index in [2.05, 4.69) is 20.6 Å². The minimum absolute atomic E-state index is 0.363. The van der Waals surface area contributed by atoms with Crippen LogP contribution in [-0.2, 0) is 0 Å². The molecule has 0 saturated carbocycles. The van der Waals surface area contributed by atoms with Gasteiger partial charge in [0.1, 0.15) is 6.67 Å².